The SMILES string of the molecule is COC1CC(C(=O)O)N(C(=O)NCCNS(C)(=O)=O)C1. The van der Waals surface area contributed by atoms with Gasteiger partial charge in [-0.05, 0) is 0 Å². The molecule has 0 aromatic rings. The molecule has 2 atom stereocenters. The van der Waals surface area contributed by atoms with Crippen molar-refractivity contribution in [1.82, 2.24) is 14.9 Å². The lowest BCUT2D eigenvalue weighted by molar-refractivity contribution is -0.141. The minimum absolute atomic E-state index is 0.0455. The fourth-order valence-corrected chi connectivity index (χ4v) is 2.41. The van der Waals surface area contributed by atoms with E-state index in [9.17, 15) is 18.0 Å². The van der Waals surface area contributed by atoms with Crippen LogP contribution >= 0.6 is 0 Å². The Morgan fingerprint density at radius 2 is 2.05 bits per heavy atom. The predicted molar refractivity (Wildman–Crippen MR) is 69.8 cm³/mol. The summed E-state index contributed by atoms with van der Waals surface area (Å²) in [6, 6.07) is -1.48. The van der Waals surface area contributed by atoms with Gasteiger partial charge in [-0.3, -0.25) is 0 Å². The summed E-state index contributed by atoms with van der Waals surface area (Å²) in [5.41, 5.74) is 0. The van der Waals surface area contributed by atoms with E-state index in [0.29, 0.717) is 0 Å². The van der Waals surface area contributed by atoms with Gasteiger partial charge in [0.1, 0.15) is 6.04 Å². The minimum atomic E-state index is -3.31. The number of methoxy groups -OCH3 is 1. The van der Waals surface area contributed by atoms with Crippen LogP contribution in [0.1, 0.15) is 6.42 Å². The van der Waals surface area contributed by atoms with Crippen LogP contribution in [0.2, 0.25) is 0 Å². The molecule has 9 nitrogen and oxygen atoms in total. The number of carbonyl (C=O) groups is 2. The van der Waals surface area contributed by atoms with Gasteiger partial charge in [-0.15, -0.1) is 0 Å². The molecule has 0 saturated carbocycles. The van der Waals surface area contributed by atoms with Gasteiger partial charge in [0.2, 0.25) is 10.0 Å². The largest absolute Gasteiger partial charge is 0.480 e. The van der Waals surface area contributed by atoms with E-state index in [2.05, 4.69) is 10.0 Å². The Hall–Kier alpha value is -1.39. The summed E-state index contributed by atoms with van der Waals surface area (Å²) in [6.07, 6.45) is 0.941. The quantitative estimate of drug-likeness (QED) is 0.508. The van der Waals surface area contributed by atoms with Gasteiger partial charge in [0, 0.05) is 33.2 Å². The van der Waals surface area contributed by atoms with Crippen molar-refractivity contribution in [3.05, 3.63) is 0 Å². The Labute approximate surface area is 117 Å². The van der Waals surface area contributed by atoms with Gasteiger partial charge in [-0.1, -0.05) is 0 Å². The molecule has 0 spiro atoms. The lowest BCUT2D eigenvalue weighted by atomic mass is 10.2. The number of nitrogens with one attached hydrogen (secondary N) is 2. The topological polar surface area (TPSA) is 125 Å². The highest BCUT2D eigenvalue weighted by atomic mass is 32.2. The number of urea groups is 1. The molecule has 0 aromatic heterocycles. The first-order chi connectivity index (χ1) is 9.24. The molecule has 1 rings (SSSR count). The average molecular weight is 309 g/mol. The molecule has 3 N–H and O–H groups in total. The van der Waals surface area contributed by atoms with Crippen LogP contribution in [0.5, 0.6) is 0 Å². The van der Waals surface area contributed by atoms with E-state index >= 15 is 0 Å². The second kappa shape index (κ2) is 6.86. The zero-order chi connectivity index (χ0) is 15.3. The molecule has 20 heavy (non-hydrogen) atoms. The number of carbonyl (C=O) groups excluding carboxylic acids is 1. The van der Waals surface area contributed by atoms with Gasteiger partial charge in [-0.25, -0.2) is 22.7 Å². The van der Waals surface area contributed by atoms with E-state index < -0.39 is 28.1 Å². The smallest absolute Gasteiger partial charge is 0.326 e. The highest BCUT2D eigenvalue weighted by Crippen LogP contribution is 2.20. The standard InChI is InChI=1S/C10H19N3O6S/c1-19-7-5-8(9(14)15)13(6-7)10(16)11-3-4-12-20(2,17)18/h7-8,12H,3-6H2,1-2H3,(H,11,16)(H,14,15). The predicted octanol–water partition coefficient (Wildman–Crippen LogP) is -1.58. The summed E-state index contributed by atoms with van der Waals surface area (Å²) in [6.45, 7) is 0.315. The van der Waals surface area contributed by atoms with Crippen LogP contribution in [0.15, 0.2) is 0 Å². The van der Waals surface area contributed by atoms with E-state index in [1.54, 1.807) is 0 Å². The highest BCUT2D eigenvalue weighted by molar-refractivity contribution is 7.88. The van der Waals surface area contributed by atoms with Crippen LogP contribution in [0.3, 0.4) is 0 Å². The fourth-order valence-electron chi connectivity index (χ4n) is 1.93. The Bertz CT molecular complexity index is 466. The van der Waals surface area contributed by atoms with Gasteiger partial charge in [0.25, 0.3) is 0 Å². The van der Waals surface area contributed by atoms with Gasteiger partial charge < -0.3 is 20.1 Å². The monoisotopic (exact) mass is 309 g/mol. The van der Waals surface area contributed by atoms with Crippen molar-refractivity contribution in [1.29, 1.82) is 0 Å². The molecule has 0 aliphatic carbocycles. The summed E-state index contributed by atoms with van der Waals surface area (Å²) in [5.74, 6) is -1.09. The Balaban J connectivity index is 2.47. The number of ether oxygens (including phenoxy) is 1. The fraction of sp³-hybridized carbons (Fsp3) is 0.800. The number of aliphatic carboxylic acids is 1. The third-order valence-corrected chi connectivity index (χ3v) is 3.64. The number of carboxylic acid groups (broad SMARTS) is 1. The number of likely N-dealkylation sites (tertiary alicyclic amines) is 1. The van der Waals surface area contributed by atoms with E-state index in [4.69, 9.17) is 9.84 Å². The molecule has 0 aromatic carbocycles. The maximum atomic E-state index is 11.9. The van der Waals surface area contributed by atoms with Crippen molar-refractivity contribution in [3.8, 4) is 0 Å². The number of amides is 2. The van der Waals surface area contributed by atoms with Crippen molar-refractivity contribution >= 4 is 22.0 Å². The molecule has 0 bridgehead atoms. The van der Waals surface area contributed by atoms with E-state index in [1.807, 2.05) is 0 Å². The molecule has 1 saturated heterocycles. The molecular formula is C10H19N3O6S. The molecule has 1 aliphatic rings. The first kappa shape index (κ1) is 16.7. The normalized spacial score (nSPS) is 22.8. The number of hydrogen-bond donors (Lipinski definition) is 3. The average Bonchev–Trinajstić information content (AvgIpc) is 2.77. The van der Waals surface area contributed by atoms with Gasteiger partial charge >= 0.3 is 12.0 Å². The Morgan fingerprint density at radius 3 is 2.55 bits per heavy atom. The lowest BCUT2D eigenvalue weighted by Gasteiger charge is -2.21. The second-order valence-electron chi connectivity index (χ2n) is 4.50. The van der Waals surface area contributed by atoms with E-state index in [1.165, 1.54) is 12.0 Å². The van der Waals surface area contributed by atoms with Gasteiger partial charge in [-0.2, -0.15) is 0 Å². The summed E-state index contributed by atoms with van der Waals surface area (Å²) in [4.78, 5) is 24.1. The third-order valence-electron chi connectivity index (χ3n) is 2.91. The maximum absolute atomic E-state index is 11.9. The van der Waals surface area contributed by atoms with Gasteiger partial charge in [0.15, 0.2) is 0 Å². The summed E-state index contributed by atoms with van der Waals surface area (Å²) in [7, 11) is -1.85. The van der Waals surface area contributed by atoms with Gasteiger partial charge in [0.05, 0.1) is 12.4 Å². The third kappa shape index (κ3) is 4.94. The summed E-state index contributed by atoms with van der Waals surface area (Å²) >= 11 is 0. The zero-order valence-electron chi connectivity index (χ0n) is 11.3. The highest BCUT2D eigenvalue weighted by Gasteiger charge is 2.39. The lowest BCUT2D eigenvalue weighted by Crippen LogP contribution is -2.47. The van der Waals surface area contributed by atoms with Crippen LogP contribution < -0.4 is 10.0 Å². The molecule has 116 valence electrons. The molecule has 1 heterocycles. The number of rotatable bonds is 6. The first-order valence-electron chi connectivity index (χ1n) is 5.99. The molecule has 10 heteroatoms. The summed E-state index contributed by atoms with van der Waals surface area (Å²) in [5, 5.41) is 11.5. The van der Waals surface area contributed by atoms with Crippen molar-refractivity contribution in [2.75, 3.05) is 33.0 Å². The number of hydrogen-bond acceptors (Lipinski definition) is 5. The molecule has 2 unspecified atom stereocenters. The van der Waals surface area contributed by atoms with E-state index in [0.717, 1.165) is 6.26 Å². The van der Waals surface area contributed by atoms with Crippen LogP contribution in [0.25, 0.3) is 0 Å². The van der Waals surface area contributed by atoms with Crippen molar-refractivity contribution in [2.24, 2.45) is 0 Å². The van der Waals surface area contributed by atoms with Crippen molar-refractivity contribution < 1.29 is 27.9 Å². The Kier molecular flexibility index (Phi) is 5.72. The van der Waals surface area contributed by atoms with Crippen molar-refractivity contribution in [2.45, 2.75) is 18.6 Å². The zero-order valence-corrected chi connectivity index (χ0v) is 12.1. The summed E-state index contributed by atoms with van der Waals surface area (Å²) < 4.78 is 28.9. The number of nitrogens with zero attached hydrogens (tertiary/aromatic N) is 1. The van der Waals surface area contributed by atoms with E-state index in [-0.39, 0.29) is 32.2 Å². The van der Waals surface area contributed by atoms with Crippen LogP contribution in [0, 0.1) is 0 Å². The molecular weight excluding hydrogens is 290 g/mol. The second-order valence-corrected chi connectivity index (χ2v) is 6.33. The molecule has 1 fully saturated rings. The van der Waals surface area contributed by atoms with Crippen molar-refractivity contribution in [3.63, 3.8) is 0 Å². The number of carboxylic acids is 1. The van der Waals surface area contributed by atoms with Crippen LogP contribution in [-0.2, 0) is 19.6 Å². The minimum Gasteiger partial charge on any atom is -0.480 e. The molecule has 1 aliphatic heterocycles. The van der Waals surface area contributed by atoms with Crippen LogP contribution in [0.4, 0.5) is 4.79 Å². The Morgan fingerprint density at radius 1 is 1.40 bits per heavy atom. The van der Waals surface area contributed by atoms with Crippen LogP contribution in [-0.4, -0.2) is 75.6 Å². The maximum Gasteiger partial charge on any atom is 0.326 e. The number of sulfonamides is 1. The first-order valence-corrected chi connectivity index (χ1v) is 7.88. The molecule has 2 amide bonds. The molecule has 0 radical (unpaired) electrons.